The van der Waals surface area contributed by atoms with E-state index in [9.17, 15) is 9.59 Å². The SMILES string of the molecule is CCC(=O)NCCOCCOCCOCCOCCOC(=O)CC. The first kappa shape index (κ1) is 22.8. The molecule has 0 aromatic carbocycles. The summed E-state index contributed by atoms with van der Waals surface area (Å²) in [6.07, 6.45) is 0.865. The third-order valence-corrected chi connectivity index (χ3v) is 2.79. The fraction of sp³-hybridized carbons (Fsp3) is 0.875. The van der Waals surface area contributed by atoms with E-state index in [0.717, 1.165) is 0 Å². The van der Waals surface area contributed by atoms with E-state index < -0.39 is 0 Å². The quantitative estimate of drug-likeness (QED) is 0.302. The molecule has 0 saturated carbocycles. The van der Waals surface area contributed by atoms with Crippen molar-refractivity contribution in [1.82, 2.24) is 5.32 Å². The predicted octanol–water partition coefficient (Wildman–Crippen LogP) is 0.532. The van der Waals surface area contributed by atoms with E-state index in [-0.39, 0.29) is 18.5 Å². The summed E-state index contributed by atoms with van der Waals surface area (Å²) in [6.45, 7) is 8.09. The molecule has 0 saturated heterocycles. The van der Waals surface area contributed by atoms with Gasteiger partial charge in [-0.1, -0.05) is 13.8 Å². The Kier molecular flexibility index (Phi) is 17.2. The minimum absolute atomic E-state index is 0.0259. The van der Waals surface area contributed by atoms with Crippen LogP contribution in [0.5, 0.6) is 0 Å². The third kappa shape index (κ3) is 17.1. The van der Waals surface area contributed by atoms with Crippen LogP contribution in [-0.2, 0) is 33.3 Å². The number of hydrogen-bond acceptors (Lipinski definition) is 7. The van der Waals surface area contributed by atoms with Crippen molar-refractivity contribution in [2.45, 2.75) is 26.7 Å². The van der Waals surface area contributed by atoms with Crippen LogP contribution >= 0.6 is 0 Å². The van der Waals surface area contributed by atoms with E-state index >= 15 is 0 Å². The van der Waals surface area contributed by atoms with Crippen molar-refractivity contribution >= 4 is 11.9 Å². The molecular weight excluding hydrogens is 318 g/mol. The number of rotatable bonds is 17. The van der Waals surface area contributed by atoms with Gasteiger partial charge in [-0.3, -0.25) is 9.59 Å². The molecule has 0 unspecified atom stereocenters. The molecule has 142 valence electrons. The van der Waals surface area contributed by atoms with Gasteiger partial charge in [-0.05, 0) is 0 Å². The van der Waals surface area contributed by atoms with Crippen LogP contribution in [0.3, 0.4) is 0 Å². The molecule has 0 atom stereocenters. The van der Waals surface area contributed by atoms with E-state index in [1.54, 1.807) is 6.92 Å². The Hall–Kier alpha value is -1.22. The van der Waals surface area contributed by atoms with Crippen molar-refractivity contribution in [3.05, 3.63) is 0 Å². The molecule has 8 heteroatoms. The van der Waals surface area contributed by atoms with Crippen LogP contribution in [-0.4, -0.2) is 77.9 Å². The number of nitrogens with one attached hydrogen (secondary N) is 1. The zero-order chi connectivity index (χ0) is 17.9. The van der Waals surface area contributed by atoms with Crippen LogP contribution in [0.2, 0.25) is 0 Å². The second kappa shape index (κ2) is 18.1. The van der Waals surface area contributed by atoms with Gasteiger partial charge in [0.15, 0.2) is 0 Å². The van der Waals surface area contributed by atoms with Gasteiger partial charge in [-0.25, -0.2) is 0 Å². The summed E-state index contributed by atoms with van der Waals surface area (Å²) in [5.74, 6) is -0.195. The number of esters is 1. The van der Waals surface area contributed by atoms with E-state index in [1.807, 2.05) is 6.92 Å². The third-order valence-electron chi connectivity index (χ3n) is 2.79. The van der Waals surface area contributed by atoms with Crippen LogP contribution in [0.15, 0.2) is 0 Å². The number of ether oxygens (including phenoxy) is 5. The highest BCUT2D eigenvalue weighted by molar-refractivity contribution is 5.75. The van der Waals surface area contributed by atoms with Gasteiger partial charge < -0.3 is 29.0 Å². The first-order valence-electron chi connectivity index (χ1n) is 8.44. The average Bonchev–Trinajstić information content (AvgIpc) is 2.60. The molecule has 0 spiro atoms. The molecule has 0 aromatic rings. The van der Waals surface area contributed by atoms with Gasteiger partial charge in [0.2, 0.25) is 5.91 Å². The first-order valence-corrected chi connectivity index (χ1v) is 8.44. The van der Waals surface area contributed by atoms with E-state index in [4.69, 9.17) is 23.7 Å². The van der Waals surface area contributed by atoms with Gasteiger partial charge in [-0.15, -0.1) is 0 Å². The van der Waals surface area contributed by atoms with E-state index in [2.05, 4.69) is 5.32 Å². The molecule has 0 heterocycles. The summed E-state index contributed by atoms with van der Waals surface area (Å²) in [5.41, 5.74) is 0. The summed E-state index contributed by atoms with van der Waals surface area (Å²) in [4.78, 5) is 21.8. The number of carbonyl (C=O) groups excluding carboxylic acids is 2. The van der Waals surface area contributed by atoms with Gasteiger partial charge in [0, 0.05) is 19.4 Å². The molecule has 8 nitrogen and oxygen atoms in total. The molecule has 1 amide bonds. The van der Waals surface area contributed by atoms with E-state index in [1.165, 1.54) is 0 Å². The predicted molar refractivity (Wildman–Crippen MR) is 87.8 cm³/mol. The van der Waals surface area contributed by atoms with Crippen LogP contribution in [0.1, 0.15) is 26.7 Å². The molecule has 1 N–H and O–H groups in total. The lowest BCUT2D eigenvalue weighted by molar-refractivity contribution is -0.145. The topological polar surface area (TPSA) is 92.3 Å². The van der Waals surface area contributed by atoms with Crippen molar-refractivity contribution in [3.63, 3.8) is 0 Å². The molecule has 0 aromatic heterocycles. The van der Waals surface area contributed by atoms with Crippen LogP contribution in [0, 0.1) is 0 Å². The Balaban J connectivity index is 3.05. The van der Waals surface area contributed by atoms with Crippen molar-refractivity contribution in [2.24, 2.45) is 0 Å². The van der Waals surface area contributed by atoms with Crippen LogP contribution in [0.4, 0.5) is 0 Å². The van der Waals surface area contributed by atoms with Crippen molar-refractivity contribution in [1.29, 1.82) is 0 Å². The van der Waals surface area contributed by atoms with Crippen LogP contribution in [0.25, 0.3) is 0 Å². The molecule has 0 radical (unpaired) electrons. The monoisotopic (exact) mass is 349 g/mol. The van der Waals surface area contributed by atoms with Crippen molar-refractivity contribution in [3.8, 4) is 0 Å². The minimum atomic E-state index is -0.221. The largest absolute Gasteiger partial charge is 0.463 e. The maximum atomic E-state index is 11.0. The van der Waals surface area contributed by atoms with E-state index in [0.29, 0.717) is 72.2 Å². The summed E-state index contributed by atoms with van der Waals surface area (Å²) in [6, 6.07) is 0. The molecule has 0 aliphatic rings. The molecule has 0 fully saturated rings. The highest BCUT2D eigenvalue weighted by Crippen LogP contribution is 1.86. The van der Waals surface area contributed by atoms with Crippen molar-refractivity contribution in [2.75, 3.05) is 66.0 Å². The molecule has 0 rings (SSSR count). The maximum absolute atomic E-state index is 11.0. The highest BCUT2D eigenvalue weighted by Gasteiger charge is 1.98. The second-order valence-electron chi connectivity index (χ2n) is 4.73. The van der Waals surface area contributed by atoms with Gasteiger partial charge >= 0.3 is 5.97 Å². The summed E-state index contributed by atoms with van der Waals surface area (Å²) in [5, 5.41) is 2.72. The normalized spacial score (nSPS) is 10.6. The van der Waals surface area contributed by atoms with Gasteiger partial charge in [-0.2, -0.15) is 0 Å². The Morgan fingerprint density at radius 2 is 1.12 bits per heavy atom. The summed E-state index contributed by atoms with van der Waals surface area (Å²) in [7, 11) is 0. The number of hydrogen-bond donors (Lipinski definition) is 1. The lowest BCUT2D eigenvalue weighted by atomic mass is 10.4. The summed E-state index contributed by atoms with van der Waals surface area (Å²) < 4.78 is 26.1. The van der Waals surface area contributed by atoms with Gasteiger partial charge in [0.05, 0.1) is 52.9 Å². The number of carbonyl (C=O) groups is 2. The Morgan fingerprint density at radius 3 is 1.58 bits per heavy atom. The fourth-order valence-corrected chi connectivity index (χ4v) is 1.47. The lowest BCUT2D eigenvalue weighted by Gasteiger charge is -2.08. The zero-order valence-electron chi connectivity index (χ0n) is 14.8. The molecule has 24 heavy (non-hydrogen) atoms. The smallest absolute Gasteiger partial charge is 0.305 e. The second-order valence-corrected chi connectivity index (χ2v) is 4.73. The Labute approximate surface area is 144 Å². The minimum Gasteiger partial charge on any atom is -0.463 e. The van der Waals surface area contributed by atoms with Crippen molar-refractivity contribution < 1.29 is 33.3 Å². The van der Waals surface area contributed by atoms with Crippen LogP contribution < -0.4 is 5.32 Å². The Bertz CT molecular complexity index is 283. The molecule has 0 bridgehead atoms. The standard InChI is InChI=1S/C16H31NO7/c1-3-15(18)17-5-6-20-7-8-21-9-10-22-11-12-23-13-14-24-16(19)4-2/h3-14H2,1-2H3,(H,17,18). The summed E-state index contributed by atoms with van der Waals surface area (Å²) >= 11 is 0. The fourth-order valence-electron chi connectivity index (χ4n) is 1.47. The Morgan fingerprint density at radius 1 is 0.667 bits per heavy atom. The molecular formula is C16H31NO7. The lowest BCUT2D eigenvalue weighted by Crippen LogP contribution is -2.26. The zero-order valence-corrected chi connectivity index (χ0v) is 14.8. The average molecular weight is 349 g/mol. The maximum Gasteiger partial charge on any atom is 0.305 e. The first-order chi connectivity index (χ1) is 11.7. The van der Waals surface area contributed by atoms with Gasteiger partial charge in [0.25, 0.3) is 0 Å². The number of amides is 1. The highest BCUT2D eigenvalue weighted by atomic mass is 16.6. The van der Waals surface area contributed by atoms with Gasteiger partial charge in [0.1, 0.15) is 6.61 Å². The molecule has 0 aliphatic heterocycles. The molecule has 0 aliphatic carbocycles.